The number of carbonyl (C=O) groups is 1. The smallest absolute Gasteiger partial charge is 0.220 e. The number of anilines is 1. The normalized spacial score (nSPS) is 19.6. The molecule has 1 aromatic carbocycles. The average Bonchev–Trinajstić information content (AvgIpc) is 2.76. The summed E-state index contributed by atoms with van der Waals surface area (Å²) in [5.74, 6) is 0.687. The van der Waals surface area contributed by atoms with Crippen LogP contribution in [0.4, 0.5) is 5.69 Å². The quantitative estimate of drug-likeness (QED) is 0.811. The number of hydrogen-bond donors (Lipinski definition) is 2. The zero-order chi connectivity index (χ0) is 15.0. The molecule has 0 unspecified atom stereocenters. The lowest BCUT2D eigenvalue weighted by Gasteiger charge is -2.08. The predicted molar refractivity (Wildman–Crippen MR) is 83.2 cm³/mol. The molecule has 3 N–H and O–H groups in total. The van der Waals surface area contributed by atoms with E-state index in [-0.39, 0.29) is 5.91 Å². The van der Waals surface area contributed by atoms with Gasteiger partial charge >= 0.3 is 0 Å². The highest BCUT2D eigenvalue weighted by Crippen LogP contribution is 2.67. The molecule has 110 valence electrons. The van der Waals surface area contributed by atoms with Crippen LogP contribution in [0, 0.1) is 16.7 Å². The second-order valence-electron chi connectivity index (χ2n) is 7.00. The molecule has 2 rings (SSSR count). The van der Waals surface area contributed by atoms with E-state index in [9.17, 15) is 4.79 Å². The minimum Gasteiger partial charge on any atom is -0.399 e. The Bertz CT molecular complexity index is 491. The minimum absolute atomic E-state index is 0.117. The van der Waals surface area contributed by atoms with Gasteiger partial charge in [0, 0.05) is 18.7 Å². The monoisotopic (exact) mass is 274 g/mol. The highest BCUT2D eigenvalue weighted by molar-refractivity contribution is 5.76. The van der Waals surface area contributed by atoms with Gasteiger partial charge in [-0.2, -0.15) is 0 Å². The standard InChI is InChI=1S/C17H26N2O/c1-16(2)14(17(16,3)4)11-19-15(20)10-9-12-7-5-6-8-13(12)18/h5-8,14H,9-11,18H2,1-4H3,(H,19,20). The summed E-state index contributed by atoms with van der Waals surface area (Å²) >= 11 is 0. The summed E-state index contributed by atoms with van der Waals surface area (Å²) in [5.41, 5.74) is 8.34. The molecule has 1 saturated carbocycles. The number of nitrogens with one attached hydrogen (secondary N) is 1. The maximum atomic E-state index is 11.9. The van der Waals surface area contributed by atoms with Crippen molar-refractivity contribution in [1.82, 2.24) is 5.32 Å². The minimum atomic E-state index is 0.117. The third-order valence-corrected chi connectivity index (χ3v) is 5.50. The van der Waals surface area contributed by atoms with Crippen molar-refractivity contribution >= 4 is 11.6 Å². The molecule has 0 saturated heterocycles. The van der Waals surface area contributed by atoms with E-state index in [0.29, 0.717) is 29.6 Å². The van der Waals surface area contributed by atoms with Crippen molar-refractivity contribution in [1.29, 1.82) is 0 Å². The van der Waals surface area contributed by atoms with Crippen LogP contribution in [0.1, 0.15) is 39.7 Å². The molecule has 0 spiro atoms. The van der Waals surface area contributed by atoms with Crippen LogP contribution >= 0.6 is 0 Å². The van der Waals surface area contributed by atoms with Gasteiger partial charge in [0.2, 0.25) is 5.91 Å². The molecule has 0 aliphatic heterocycles. The number of amides is 1. The van der Waals surface area contributed by atoms with Crippen LogP contribution in [-0.2, 0) is 11.2 Å². The third-order valence-electron chi connectivity index (χ3n) is 5.50. The van der Waals surface area contributed by atoms with Crippen molar-refractivity contribution in [3.05, 3.63) is 29.8 Å². The molecule has 20 heavy (non-hydrogen) atoms. The molecule has 0 atom stereocenters. The number of benzene rings is 1. The average molecular weight is 274 g/mol. The summed E-state index contributed by atoms with van der Waals surface area (Å²) in [7, 11) is 0. The lowest BCUT2D eigenvalue weighted by molar-refractivity contribution is -0.121. The molecule has 0 aromatic heterocycles. The largest absolute Gasteiger partial charge is 0.399 e. The molecular weight excluding hydrogens is 248 g/mol. The molecule has 0 radical (unpaired) electrons. The van der Waals surface area contributed by atoms with Crippen LogP contribution in [-0.4, -0.2) is 12.5 Å². The van der Waals surface area contributed by atoms with E-state index < -0.39 is 0 Å². The molecule has 1 aromatic rings. The highest BCUT2D eigenvalue weighted by atomic mass is 16.1. The Morgan fingerprint density at radius 3 is 2.35 bits per heavy atom. The van der Waals surface area contributed by atoms with E-state index in [1.807, 2.05) is 24.3 Å². The maximum Gasteiger partial charge on any atom is 0.220 e. The van der Waals surface area contributed by atoms with E-state index in [1.54, 1.807) is 0 Å². The van der Waals surface area contributed by atoms with Gasteiger partial charge < -0.3 is 11.1 Å². The Kier molecular flexibility index (Phi) is 3.81. The molecule has 3 nitrogen and oxygen atoms in total. The van der Waals surface area contributed by atoms with E-state index >= 15 is 0 Å². The molecule has 1 fully saturated rings. The first-order chi connectivity index (χ1) is 9.26. The van der Waals surface area contributed by atoms with Crippen LogP contribution in [0.2, 0.25) is 0 Å². The van der Waals surface area contributed by atoms with E-state index in [0.717, 1.165) is 17.8 Å². The van der Waals surface area contributed by atoms with E-state index in [4.69, 9.17) is 5.73 Å². The summed E-state index contributed by atoms with van der Waals surface area (Å²) < 4.78 is 0. The number of carbonyl (C=O) groups excluding carboxylic acids is 1. The zero-order valence-corrected chi connectivity index (χ0v) is 13.0. The fourth-order valence-electron chi connectivity index (χ4n) is 3.16. The molecule has 1 amide bonds. The molecule has 1 aliphatic rings. The van der Waals surface area contributed by atoms with Crippen LogP contribution < -0.4 is 11.1 Å². The molecular formula is C17H26N2O. The zero-order valence-electron chi connectivity index (χ0n) is 13.0. The summed E-state index contributed by atoms with van der Waals surface area (Å²) in [5, 5.41) is 3.07. The Morgan fingerprint density at radius 2 is 1.80 bits per heavy atom. The number of rotatable bonds is 5. The summed E-state index contributed by atoms with van der Waals surface area (Å²) in [6.45, 7) is 9.87. The number of nitrogen functional groups attached to an aromatic ring is 1. The first-order valence-corrected chi connectivity index (χ1v) is 7.37. The topological polar surface area (TPSA) is 55.1 Å². The van der Waals surface area contributed by atoms with Crippen molar-refractivity contribution in [2.75, 3.05) is 12.3 Å². The second-order valence-corrected chi connectivity index (χ2v) is 7.00. The summed E-state index contributed by atoms with van der Waals surface area (Å²) in [6, 6.07) is 7.73. The molecule has 0 heterocycles. The second kappa shape index (κ2) is 5.12. The van der Waals surface area contributed by atoms with Gasteiger partial charge in [0.05, 0.1) is 0 Å². The van der Waals surface area contributed by atoms with Gasteiger partial charge in [-0.15, -0.1) is 0 Å². The number of nitrogens with two attached hydrogens (primary N) is 1. The van der Waals surface area contributed by atoms with E-state index in [1.165, 1.54) is 0 Å². The van der Waals surface area contributed by atoms with Gasteiger partial charge in [0.25, 0.3) is 0 Å². The van der Waals surface area contributed by atoms with Crippen molar-refractivity contribution in [3.63, 3.8) is 0 Å². The summed E-state index contributed by atoms with van der Waals surface area (Å²) in [6.07, 6.45) is 1.21. The SMILES string of the molecule is CC1(C)C(CNC(=O)CCc2ccccc2N)C1(C)C. The van der Waals surface area contributed by atoms with Crippen molar-refractivity contribution in [2.45, 2.75) is 40.5 Å². The number of hydrogen-bond acceptors (Lipinski definition) is 2. The van der Waals surface area contributed by atoms with Gasteiger partial charge in [0.1, 0.15) is 0 Å². The van der Waals surface area contributed by atoms with Gasteiger partial charge in [-0.3, -0.25) is 4.79 Å². The lowest BCUT2D eigenvalue weighted by Crippen LogP contribution is -2.27. The Hall–Kier alpha value is -1.51. The van der Waals surface area contributed by atoms with Gasteiger partial charge in [-0.25, -0.2) is 0 Å². The Balaban J connectivity index is 1.76. The summed E-state index contributed by atoms with van der Waals surface area (Å²) in [4.78, 5) is 11.9. The fourth-order valence-corrected chi connectivity index (χ4v) is 3.16. The Morgan fingerprint density at radius 1 is 1.20 bits per heavy atom. The number of para-hydroxylation sites is 1. The van der Waals surface area contributed by atoms with Crippen molar-refractivity contribution in [2.24, 2.45) is 16.7 Å². The van der Waals surface area contributed by atoms with E-state index in [2.05, 4.69) is 33.0 Å². The first-order valence-electron chi connectivity index (χ1n) is 7.37. The van der Waals surface area contributed by atoms with Crippen LogP contribution in [0.15, 0.2) is 24.3 Å². The Labute approximate surface area is 121 Å². The fraction of sp³-hybridized carbons (Fsp3) is 0.588. The molecule has 3 heteroatoms. The predicted octanol–water partition coefficient (Wildman–Crippen LogP) is 3.00. The van der Waals surface area contributed by atoms with Crippen LogP contribution in [0.25, 0.3) is 0 Å². The number of aryl methyl sites for hydroxylation is 1. The lowest BCUT2D eigenvalue weighted by atomic mass is 10.0. The van der Waals surface area contributed by atoms with Crippen molar-refractivity contribution < 1.29 is 4.79 Å². The maximum absolute atomic E-state index is 11.9. The van der Waals surface area contributed by atoms with Gasteiger partial charge in [-0.1, -0.05) is 45.9 Å². The molecule has 1 aliphatic carbocycles. The van der Waals surface area contributed by atoms with Crippen LogP contribution in [0.5, 0.6) is 0 Å². The van der Waals surface area contributed by atoms with Crippen molar-refractivity contribution in [3.8, 4) is 0 Å². The third kappa shape index (κ3) is 2.67. The molecule has 0 bridgehead atoms. The van der Waals surface area contributed by atoms with Gasteiger partial charge in [0.15, 0.2) is 0 Å². The van der Waals surface area contributed by atoms with Gasteiger partial charge in [-0.05, 0) is 34.8 Å². The first kappa shape index (κ1) is 14.9. The highest BCUT2D eigenvalue weighted by Gasteiger charge is 2.64. The van der Waals surface area contributed by atoms with Crippen LogP contribution in [0.3, 0.4) is 0 Å².